The maximum Gasteiger partial charge on any atom is 0.355 e. The molecule has 106 valence electrons. The van der Waals surface area contributed by atoms with Crippen LogP contribution in [0.1, 0.15) is 5.56 Å². The van der Waals surface area contributed by atoms with Gasteiger partial charge in [-0.05, 0) is 30.7 Å². The number of hydrogen-bond donors (Lipinski definition) is 0. The van der Waals surface area contributed by atoms with Crippen LogP contribution in [-0.4, -0.2) is 8.42 Å². The SMILES string of the molecule is Cc1c(S(=O)(=O)c2ccccc2)c(=O)oc2ccccc12. The molecule has 0 aliphatic rings. The molecule has 0 N–H and O–H groups in total. The molecule has 1 aromatic heterocycles. The van der Waals surface area contributed by atoms with Crippen molar-refractivity contribution in [3.63, 3.8) is 0 Å². The Labute approximate surface area is 121 Å². The monoisotopic (exact) mass is 300 g/mol. The summed E-state index contributed by atoms with van der Waals surface area (Å²) in [5, 5.41) is 0.617. The Morgan fingerprint density at radius 2 is 1.52 bits per heavy atom. The van der Waals surface area contributed by atoms with Gasteiger partial charge in [-0.15, -0.1) is 0 Å². The molecule has 0 bridgehead atoms. The van der Waals surface area contributed by atoms with E-state index in [0.29, 0.717) is 16.5 Å². The number of para-hydroxylation sites is 1. The van der Waals surface area contributed by atoms with E-state index in [4.69, 9.17) is 4.42 Å². The summed E-state index contributed by atoms with van der Waals surface area (Å²) in [5.74, 6) is 0. The smallest absolute Gasteiger partial charge is 0.355 e. The van der Waals surface area contributed by atoms with Gasteiger partial charge >= 0.3 is 5.63 Å². The standard InChI is InChI=1S/C16H12O4S/c1-11-13-9-5-6-10-14(13)20-16(17)15(11)21(18,19)12-7-3-2-4-8-12/h2-10H,1H3. The first-order valence-electron chi connectivity index (χ1n) is 6.34. The molecule has 3 rings (SSSR count). The summed E-state index contributed by atoms with van der Waals surface area (Å²) in [7, 11) is -3.90. The topological polar surface area (TPSA) is 64.3 Å². The third-order valence-electron chi connectivity index (χ3n) is 3.34. The summed E-state index contributed by atoms with van der Waals surface area (Å²) >= 11 is 0. The van der Waals surface area contributed by atoms with Crippen LogP contribution in [0.3, 0.4) is 0 Å². The first-order valence-corrected chi connectivity index (χ1v) is 7.83. The van der Waals surface area contributed by atoms with Crippen LogP contribution in [-0.2, 0) is 9.84 Å². The number of rotatable bonds is 2. The van der Waals surface area contributed by atoms with E-state index in [9.17, 15) is 13.2 Å². The van der Waals surface area contributed by atoms with E-state index in [1.165, 1.54) is 12.1 Å². The zero-order chi connectivity index (χ0) is 15.0. The van der Waals surface area contributed by atoms with Crippen LogP contribution < -0.4 is 5.63 Å². The van der Waals surface area contributed by atoms with Crippen molar-refractivity contribution in [1.29, 1.82) is 0 Å². The fourth-order valence-electron chi connectivity index (χ4n) is 2.32. The van der Waals surface area contributed by atoms with Gasteiger partial charge < -0.3 is 4.42 Å². The molecule has 0 radical (unpaired) electrons. The Morgan fingerprint density at radius 3 is 2.24 bits per heavy atom. The van der Waals surface area contributed by atoms with Gasteiger partial charge in [0.25, 0.3) is 0 Å². The van der Waals surface area contributed by atoms with Gasteiger partial charge in [0.15, 0.2) is 4.90 Å². The molecule has 0 amide bonds. The molecule has 0 fully saturated rings. The summed E-state index contributed by atoms with van der Waals surface area (Å²) in [6.07, 6.45) is 0. The molecule has 0 spiro atoms. The van der Waals surface area contributed by atoms with Crippen LogP contribution in [0.15, 0.2) is 73.6 Å². The Morgan fingerprint density at radius 1 is 0.905 bits per heavy atom. The lowest BCUT2D eigenvalue weighted by Gasteiger charge is -2.08. The lowest BCUT2D eigenvalue weighted by Crippen LogP contribution is -2.16. The molecule has 2 aromatic carbocycles. The van der Waals surface area contributed by atoms with Gasteiger partial charge in [0, 0.05) is 5.39 Å². The average molecular weight is 300 g/mol. The molecule has 1 heterocycles. The molecule has 0 unspecified atom stereocenters. The van der Waals surface area contributed by atoms with E-state index in [-0.39, 0.29) is 9.79 Å². The van der Waals surface area contributed by atoms with Gasteiger partial charge in [-0.1, -0.05) is 36.4 Å². The number of sulfone groups is 1. The van der Waals surface area contributed by atoms with Gasteiger partial charge in [0.05, 0.1) is 4.90 Å². The first kappa shape index (κ1) is 13.6. The highest BCUT2D eigenvalue weighted by atomic mass is 32.2. The molecule has 3 aromatic rings. The van der Waals surface area contributed by atoms with Gasteiger partial charge in [0.1, 0.15) is 5.58 Å². The minimum absolute atomic E-state index is 0.0793. The maximum absolute atomic E-state index is 12.7. The fraction of sp³-hybridized carbons (Fsp3) is 0.0625. The maximum atomic E-state index is 12.7. The number of hydrogen-bond acceptors (Lipinski definition) is 4. The Hall–Kier alpha value is -2.40. The highest BCUT2D eigenvalue weighted by Gasteiger charge is 2.26. The van der Waals surface area contributed by atoms with Gasteiger partial charge in [0.2, 0.25) is 9.84 Å². The molecule has 0 aliphatic carbocycles. The Bertz CT molecular complexity index is 970. The fourth-order valence-corrected chi connectivity index (χ4v) is 3.84. The molecule has 4 nitrogen and oxygen atoms in total. The molecular weight excluding hydrogens is 288 g/mol. The molecule has 0 aliphatic heterocycles. The normalized spacial score (nSPS) is 11.7. The summed E-state index contributed by atoms with van der Waals surface area (Å²) in [6.45, 7) is 1.62. The van der Waals surface area contributed by atoms with Crippen molar-refractivity contribution in [3.05, 3.63) is 70.6 Å². The zero-order valence-electron chi connectivity index (χ0n) is 11.2. The number of fused-ring (bicyclic) bond motifs is 1. The summed E-state index contributed by atoms with van der Waals surface area (Å²) < 4.78 is 30.5. The van der Waals surface area contributed by atoms with Gasteiger partial charge in [-0.3, -0.25) is 0 Å². The Balaban J connectivity index is 2.39. The third-order valence-corrected chi connectivity index (χ3v) is 5.25. The highest BCUT2D eigenvalue weighted by Crippen LogP contribution is 2.26. The summed E-state index contributed by atoms with van der Waals surface area (Å²) in [4.78, 5) is 11.9. The van der Waals surface area contributed by atoms with E-state index in [2.05, 4.69) is 0 Å². The van der Waals surface area contributed by atoms with Crippen molar-refractivity contribution < 1.29 is 12.8 Å². The second-order valence-corrected chi connectivity index (χ2v) is 6.54. The van der Waals surface area contributed by atoms with Crippen molar-refractivity contribution >= 4 is 20.8 Å². The van der Waals surface area contributed by atoms with Crippen molar-refractivity contribution in [1.82, 2.24) is 0 Å². The molecule has 0 atom stereocenters. The molecule has 5 heteroatoms. The third kappa shape index (κ3) is 2.15. The van der Waals surface area contributed by atoms with Crippen molar-refractivity contribution in [2.24, 2.45) is 0 Å². The molecule has 0 saturated carbocycles. The largest absolute Gasteiger partial charge is 0.422 e. The minimum Gasteiger partial charge on any atom is -0.422 e. The predicted molar refractivity (Wildman–Crippen MR) is 79.1 cm³/mol. The van der Waals surface area contributed by atoms with Crippen LogP contribution >= 0.6 is 0 Å². The van der Waals surface area contributed by atoms with E-state index >= 15 is 0 Å². The van der Waals surface area contributed by atoms with Gasteiger partial charge in [-0.2, -0.15) is 0 Å². The van der Waals surface area contributed by atoms with E-state index < -0.39 is 15.5 Å². The van der Waals surface area contributed by atoms with Gasteiger partial charge in [-0.25, -0.2) is 13.2 Å². The second-order valence-electron chi connectivity index (χ2n) is 4.66. The lowest BCUT2D eigenvalue weighted by atomic mass is 10.1. The molecular formula is C16H12O4S. The van der Waals surface area contributed by atoms with E-state index in [1.807, 2.05) is 0 Å². The predicted octanol–water partition coefficient (Wildman–Crippen LogP) is 2.93. The average Bonchev–Trinajstić information content (AvgIpc) is 2.48. The highest BCUT2D eigenvalue weighted by molar-refractivity contribution is 7.91. The van der Waals surface area contributed by atoms with Crippen LogP contribution in [0.2, 0.25) is 0 Å². The summed E-state index contributed by atoms with van der Waals surface area (Å²) in [6, 6.07) is 14.8. The second kappa shape index (κ2) is 4.86. The van der Waals surface area contributed by atoms with Crippen molar-refractivity contribution in [2.75, 3.05) is 0 Å². The van der Waals surface area contributed by atoms with Crippen molar-refractivity contribution in [2.45, 2.75) is 16.7 Å². The van der Waals surface area contributed by atoms with Crippen LogP contribution in [0.4, 0.5) is 0 Å². The number of benzene rings is 2. The number of aryl methyl sites for hydroxylation is 1. The lowest BCUT2D eigenvalue weighted by molar-refractivity contribution is 0.530. The van der Waals surface area contributed by atoms with Crippen LogP contribution in [0, 0.1) is 6.92 Å². The van der Waals surface area contributed by atoms with Crippen LogP contribution in [0.25, 0.3) is 11.0 Å². The quantitative estimate of drug-likeness (QED) is 0.683. The minimum atomic E-state index is -3.90. The van der Waals surface area contributed by atoms with E-state index in [0.717, 1.165) is 0 Å². The Kier molecular flexibility index (Phi) is 3.14. The van der Waals surface area contributed by atoms with Crippen molar-refractivity contribution in [3.8, 4) is 0 Å². The van der Waals surface area contributed by atoms with E-state index in [1.54, 1.807) is 49.4 Å². The molecule has 0 saturated heterocycles. The van der Waals surface area contributed by atoms with Crippen LogP contribution in [0.5, 0.6) is 0 Å². The molecule has 21 heavy (non-hydrogen) atoms. The first-order chi connectivity index (χ1) is 10.0. The summed E-state index contributed by atoms with van der Waals surface area (Å²) in [5.41, 5.74) is -0.0484. The zero-order valence-corrected chi connectivity index (χ0v) is 12.1.